The number of hydrogen-bond acceptors (Lipinski definition) is 0. The number of hydrogen-bond donors (Lipinski definition) is 0. The van der Waals surface area contributed by atoms with Gasteiger partial charge in [0.25, 0.3) is 0 Å². The van der Waals surface area contributed by atoms with Crippen LogP contribution in [0, 0.1) is 0 Å². The molecule has 0 saturated carbocycles. The highest BCUT2D eigenvalue weighted by molar-refractivity contribution is 8.32. The molecule has 0 aromatic heterocycles. The van der Waals surface area contributed by atoms with Gasteiger partial charge < -0.3 is 0 Å². The first-order valence-corrected chi connectivity index (χ1v) is 8.22. The van der Waals surface area contributed by atoms with Gasteiger partial charge >= 0.3 is 5.32 Å². The van der Waals surface area contributed by atoms with Crippen molar-refractivity contribution in [3.8, 4) is 0 Å². The van der Waals surface area contributed by atoms with Gasteiger partial charge in [-0.1, -0.05) is 19.8 Å². The molecule has 0 aliphatic rings. The van der Waals surface area contributed by atoms with Crippen LogP contribution in [0.4, 0.5) is 0 Å². The Morgan fingerprint density at radius 3 is 2.00 bits per heavy atom. The molecule has 0 saturated heterocycles. The van der Waals surface area contributed by atoms with Crippen molar-refractivity contribution in [1.29, 1.82) is 0 Å². The molecule has 0 bridgehead atoms. The van der Waals surface area contributed by atoms with E-state index >= 15 is 0 Å². The van der Waals surface area contributed by atoms with Crippen LogP contribution in [0.15, 0.2) is 0 Å². The van der Waals surface area contributed by atoms with Gasteiger partial charge in [-0.2, -0.15) is 0 Å². The Balaban J connectivity index is 3.04. The third-order valence-electron chi connectivity index (χ3n) is 1.27. The van der Waals surface area contributed by atoms with E-state index in [1.807, 2.05) is 0 Å². The quantitative estimate of drug-likeness (QED) is 0.451. The minimum absolute atomic E-state index is 0.789. The van der Waals surface area contributed by atoms with Crippen LogP contribution < -0.4 is 0 Å². The topological polar surface area (TPSA) is 0 Å². The van der Waals surface area contributed by atoms with Crippen LogP contribution in [-0.4, -0.2) is 6.16 Å². The van der Waals surface area contributed by atoms with Crippen molar-refractivity contribution < 1.29 is 0 Å². The molecule has 0 heterocycles. The molecular weight excluding hydrogens is 209 g/mol. The van der Waals surface area contributed by atoms with Gasteiger partial charge in [0.15, 0.2) is 0 Å². The summed E-state index contributed by atoms with van der Waals surface area (Å²) in [5.74, 6) is 0. The Kier molecular flexibility index (Phi) is 6.65. The van der Waals surface area contributed by atoms with Crippen molar-refractivity contribution in [2.45, 2.75) is 32.6 Å². The summed E-state index contributed by atoms with van der Waals surface area (Å²) in [6.45, 7) is 2.17. The van der Waals surface area contributed by atoms with Crippen LogP contribution in [0.5, 0.6) is 0 Å². The zero-order valence-electron chi connectivity index (χ0n) is 6.12. The van der Waals surface area contributed by atoms with Crippen molar-refractivity contribution in [3.05, 3.63) is 0 Å². The van der Waals surface area contributed by atoms with Gasteiger partial charge in [0.05, 0.1) is 0 Å². The zero-order valence-corrected chi connectivity index (χ0v) is 9.28. The molecule has 0 fully saturated rings. The van der Waals surface area contributed by atoms with E-state index in [1.165, 1.54) is 19.3 Å². The highest BCUT2D eigenvalue weighted by Gasteiger charge is 2.31. The molecule has 0 atom stereocenters. The molecule has 0 rings (SSSR count). The van der Waals surface area contributed by atoms with Crippen molar-refractivity contribution in [3.63, 3.8) is 0 Å². The van der Waals surface area contributed by atoms with E-state index in [9.17, 15) is 0 Å². The molecule has 0 aromatic rings. The standard InChI is InChI=1S/C6H13Cl3P/c1-2-3-4-5-6-10(7,8)9/h2-6H2,1H3/q+1. The Labute approximate surface area is 77.9 Å². The van der Waals surface area contributed by atoms with Crippen molar-refractivity contribution in [2.24, 2.45) is 0 Å². The summed E-state index contributed by atoms with van der Waals surface area (Å²) in [5, 5.41) is -2.04. The zero-order chi connectivity index (χ0) is 8.04. The molecule has 0 unspecified atom stereocenters. The van der Waals surface area contributed by atoms with Gasteiger partial charge in [0.2, 0.25) is 0 Å². The van der Waals surface area contributed by atoms with Crippen molar-refractivity contribution in [2.75, 3.05) is 6.16 Å². The van der Waals surface area contributed by atoms with E-state index in [4.69, 9.17) is 33.7 Å². The normalized spacial score (nSPS) is 12.0. The second-order valence-corrected chi connectivity index (χ2v) is 10.6. The predicted octanol–water partition coefficient (Wildman–Crippen LogP) is 5.05. The molecule has 4 heteroatoms. The Bertz CT molecular complexity index is 79.6. The number of unbranched alkanes of at least 4 members (excludes halogenated alkanes) is 3. The minimum Gasteiger partial charge on any atom is -0.0654 e. The van der Waals surface area contributed by atoms with Crippen LogP contribution >= 0.6 is 39.0 Å². The van der Waals surface area contributed by atoms with E-state index in [0.29, 0.717) is 0 Å². The number of halogens is 3. The fraction of sp³-hybridized carbons (Fsp3) is 1.00. The summed E-state index contributed by atoms with van der Waals surface area (Å²) >= 11 is 17.0. The monoisotopic (exact) mass is 221 g/mol. The maximum absolute atomic E-state index is 5.65. The third-order valence-corrected chi connectivity index (χ3v) is 3.61. The van der Waals surface area contributed by atoms with Gasteiger partial charge in [-0.3, -0.25) is 0 Å². The lowest BCUT2D eigenvalue weighted by atomic mass is 10.2. The van der Waals surface area contributed by atoms with E-state index in [1.54, 1.807) is 0 Å². The highest BCUT2D eigenvalue weighted by Crippen LogP contribution is 2.74. The summed E-state index contributed by atoms with van der Waals surface area (Å²) in [5.41, 5.74) is 0. The molecule has 0 radical (unpaired) electrons. The Morgan fingerprint density at radius 2 is 1.60 bits per heavy atom. The van der Waals surface area contributed by atoms with Crippen molar-refractivity contribution >= 4 is 39.0 Å². The SMILES string of the molecule is CCCCCC[P+](Cl)(Cl)Cl. The van der Waals surface area contributed by atoms with Crippen LogP contribution in [0.25, 0.3) is 0 Å². The van der Waals surface area contributed by atoms with Gasteiger partial charge in [-0.25, -0.2) is 0 Å². The van der Waals surface area contributed by atoms with Crippen LogP contribution in [0.2, 0.25) is 0 Å². The van der Waals surface area contributed by atoms with Gasteiger partial charge in [0, 0.05) is 0 Å². The molecule has 0 aliphatic carbocycles. The minimum atomic E-state index is -2.04. The maximum Gasteiger partial charge on any atom is 0.307 e. The van der Waals surface area contributed by atoms with E-state index in [0.717, 1.165) is 12.6 Å². The number of rotatable bonds is 5. The highest BCUT2D eigenvalue weighted by atomic mass is 36.1. The van der Waals surface area contributed by atoms with Crippen LogP contribution in [0.3, 0.4) is 0 Å². The smallest absolute Gasteiger partial charge is 0.0654 e. The summed E-state index contributed by atoms with van der Waals surface area (Å²) < 4.78 is 0. The van der Waals surface area contributed by atoms with Crippen LogP contribution in [0.1, 0.15) is 32.6 Å². The lowest BCUT2D eigenvalue weighted by Gasteiger charge is -1.98. The second kappa shape index (κ2) is 5.89. The molecule has 0 N–H and O–H groups in total. The van der Waals surface area contributed by atoms with E-state index in [-0.39, 0.29) is 0 Å². The fourth-order valence-corrected chi connectivity index (χ4v) is 2.38. The molecule has 0 spiro atoms. The molecule has 10 heavy (non-hydrogen) atoms. The first kappa shape index (κ1) is 11.3. The molecule has 0 aliphatic heterocycles. The first-order chi connectivity index (χ1) is 4.56. The summed E-state index contributed by atoms with van der Waals surface area (Å²) in [6, 6.07) is 0. The summed E-state index contributed by atoms with van der Waals surface area (Å²) in [7, 11) is 0. The third kappa shape index (κ3) is 9.30. The van der Waals surface area contributed by atoms with Gasteiger partial charge in [-0.15, -0.1) is 0 Å². The Morgan fingerprint density at radius 1 is 1.00 bits per heavy atom. The maximum atomic E-state index is 5.65. The average Bonchev–Trinajstić information content (AvgIpc) is 1.78. The molecule has 0 nitrogen and oxygen atoms in total. The second-order valence-electron chi connectivity index (χ2n) is 2.33. The first-order valence-electron chi connectivity index (χ1n) is 3.53. The Hall–Kier alpha value is 1.30. The van der Waals surface area contributed by atoms with Crippen LogP contribution in [-0.2, 0) is 0 Å². The van der Waals surface area contributed by atoms with Gasteiger partial charge in [-0.05, 0) is 12.8 Å². The van der Waals surface area contributed by atoms with E-state index in [2.05, 4.69) is 6.92 Å². The lowest BCUT2D eigenvalue weighted by Crippen LogP contribution is -1.81. The lowest BCUT2D eigenvalue weighted by molar-refractivity contribution is 0.706. The summed E-state index contributed by atoms with van der Waals surface area (Å²) in [4.78, 5) is 0. The molecular formula is C6H13Cl3P+. The average molecular weight is 223 g/mol. The fourth-order valence-electron chi connectivity index (χ4n) is 0.718. The predicted molar refractivity (Wildman–Crippen MR) is 53.5 cm³/mol. The molecule has 0 amide bonds. The summed E-state index contributed by atoms with van der Waals surface area (Å²) in [6.07, 6.45) is 5.54. The largest absolute Gasteiger partial charge is 0.307 e. The van der Waals surface area contributed by atoms with Crippen molar-refractivity contribution in [1.82, 2.24) is 0 Å². The molecule has 62 valence electrons. The van der Waals surface area contributed by atoms with Gasteiger partial charge in [0.1, 0.15) is 39.9 Å². The molecule has 0 aromatic carbocycles. The van der Waals surface area contributed by atoms with E-state index < -0.39 is 5.32 Å².